The van der Waals surface area contributed by atoms with Gasteiger partial charge in [0, 0.05) is 0 Å². The van der Waals surface area contributed by atoms with Crippen molar-refractivity contribution in [2.75, 3.05) is 0 Å². The van der Waals surface area contributed by atoms with E-state index in [1.165, 1.54) is 6.20 Å². The molecule has 1 aromatic heterocycles. The first kappa shape index (κ1) is 11.0. The van der Waals surface area contributed by atoms with Gasteiger partial charge >= 0.3 is 5.82 Å². The second-order valence-corrected chi connectivity index (χ2v) is 3.36. The first-order valence-corrected chi connectivity index (χ1v) is 4.49. The molecule has 8 heteroatoms. The Morgan fingerprint density at radius 1 is 1.29 bits per heavy atom. The van der Waals surface area contributed by atoms with Crippen molar-refractivity contribution < 1.29 is 19.9 Å². The lowest BCUT2D eigenvalue weighted by atomic mass is 10.5. The summed E-state index contributed by atoms with van der Waals surface area (Å²) in [5, 5.41) is 27.1. The van der Waals surface area contributed by atoms with Crippen molar-refractivity contribution in [3.63, 3.8) is 0 Å². The van der Waals surface area contributed by atoms with E-state index in [9.17, 15) is 5.11 Å². The van der Waals surface area contributed by atoms with Crippen molar-refractivity contribution in [1.29, 1.82) is 0 Å². The Labute approximate surface area is 94.6 Å². The molecule has 0 aliphatic carbocycles. The van der Waals surface area contributed by atoms with Crippen LogP contribution in [0.2, 0.25) is 0 Å². The molecule has 5 nitrogen and oxygen atoms in total. The molecular formula is C6H4N2O3S3. The van der Waals surface area contributed by atoms with Crippen LogP contribution in [0.3, 0.4) is 0 Å². The molecule has 3 N–H and O–H groups in total. The van der Waals surface area contributed by atoms with Gasteiger partial charge in [-0.3, -0.25) is 0 Å². The van der Waals surface area contributed by atoms with Gasteiger partial charge in [-0.2, -0.15) is 4.57 Å². The van der Waals surface area contributed by atoms with Crippen LogP contribution in [-0.4, -0.2) is 30.5 Å². The molecule has 1 heterocycles. The number of thiocarbonyl (C=S) groups is 3. The number of nitrogens with zero attached hydrogens (tertiary/aromatic N) is 1. The molecule has 0 saturated heterocycles. The third kappa shape index (κ3) is 1.86. The maximum Gasteiger partial charge on any atom is 0.339 e. The van der Waals surface area contributed by atoms with Crippen LogP contribution < -0.4 is 9.67 Å². The molecule has 0 aliphatic rings. The molecule has 0 saturated carbocycles. The standard InChI is InChI=1S/C6H4N2O3S3/c9-4(12)2-1-7-3(5(10)13)8(2)6(11)14/h1H,(H3,9,10,11,12,13,14). The van der Waals surface area contributed by atoms with Crippen LogP contribution >= 0.6 is 36.7 Å². The molecule has 0 fully saturated rings. The van der Waals surface area contributed by atoms with Crippen LogP contribution in [0.1, 0.15) is 11.5 Å². The summed E-state index contributed by atoms with van der Waals surface area (Å²) in [5.74, 6) is -0.0774. The number of H-pyrrole nitrogens is 1. The number of aromatic amines is 1. The number of nitrogens with one attached hydrogen (secondary N) is 1. The monoisotopic (exact) mass is 248 g/mol. The fraction of sp³-hybridized carbons (Fsp3) is 0. The molecule has 0 radical (unpaired) electrons. The van der Waals surface area contributed by atoms with Gasteiger partial charge in [-0.25, -0.2) is 4.98 Å². The van der Waals surface area contributed by atoms with Gasteiger partial charge in [0.15, 0.2) is 0 Å². The fourth-order valence-corrected chi connectivity index (χ4v) is 1.38. The Morgan fingerprint density at radius 3 is 2.21 bits per heavy atom. The molecular weight excluding hydrogens is 244 g/mol. The van der Waals surface area contributed by atoms with Crippen molar-refractivity contribution in [3.8, 4) is 0 Å². The first-order chi connectivity index (χ1) is 6.45. The predicted octanol–water partition coefficient (Wildman–Crippen LogP) is -0.738. The van der Waals surface area contributed by atoms with Crippen molar-refractivity contribution >= 4 is 51.9 Å². The number of hydrogen-bond acceptors (Lipinski definition) is 4. The molecule has 0 unspecified atom stereocenters. The Bertz CT molecular complexity index is 394. The topological polar surface area (TPSA) is 83.2 Å². The maximum atomic E-state index is 11.0. The average molecular weight is 248 g/mol. The molecule has 0 aliphatic heterocycles. The summed E-state index contributed by atoms with van der Waals surface area (Å²) in [4.78, 5) is 2.47. The molecule has 1 rings (SSSR count). The smallest absolute Gasteiger partial charge is 0.339 e. The van der Waals surface area contributed by atoms with Crippen molar-refractivity contribution in [3.05, 3.63) is 17.7 Å². The van der Waals surface area contributed by atoms with Gasteiger partial charge in [0.2, 0.25) is 10.7 Å². The van der Waals surface area contributed by atoms with Crippen molar-refractivity contribution in [2.24, 2.45) is 0 Å². The Kier molecular flexibility index (Phi) is 3.09. The van der Waals surface area contributed by atoms with Gasteiger partial charge in [-0.05, 0) is 36.7 Å². The minimum absolute atomic E-state index is 0.00796. The normalized spacial score (nSPS) is 9.71. The van der Waals surface area contributed by atoms with Crippen LogP contribution in [0.25, 0.3) is 0 Å². The van der Waals surface area contributed by atoms with Crippen LogP contribution in [0.5, 0.6) is 0 Å². The molecule has 0 amide bonds. The number of aliphatic hydroxyl groups excluding tert-OH is 2. The third-order valence-electron chi connectivity index (χ3n) is 1.41. The molecule has 74 valence electrons. The molecule has 14 heavy (non-hydrogen) atoms. The number of aliphatic hydroxyl groups is 2. The number of hydrogen-bond donors (Lipinski definition) is 3. The summed E-state index contributed by atoms with van der Waals surface area (Å²) in [6, 6.07) is 0. The van der Waals surface area contributed by atoms with E-state index in [0.717, 1.165) is 4.57 Å². The number of imidazole rings is 1. The minimum atomic E-state index is -0.830. The minimum Gasteiger partial charge on any atom is -0.833 e. The lowest BCUT2D eigenvalue weighted by molar-refractivity contribution is -0.610. The quantitative estimate of drug-likeness (QED) is 0.472. The van der Waals surface area contributed by atoms with Gasteiger partial charge in [0.1, 0.15) is 11.4 Å². The Balaban J connectivity index is 3.42. The highest BCUT2D eigenvalue weighted by Gasteiger charge is 2.23. The Morgan fingerprint density at radius 2 is 1.86 bits per heavy atom. The van der Waals surface area contributed by atoms with Crippen LogP contribution in [0.15, 0.2) is 6.20 Å². The van der Waals surface area contributed by atoms with Crippen LogP contribution in [-0.2, 0) is 0 Å². The zero-order valence-electron chi connectivity index (χ0n) is 6.55. The molecule has 1 aromatic rings. The summed E-state index contributed by atoms with van der Waals surface area (Å²) in [5.41, 5.74) is -0.00796. The van der Waals surface area contributed by atoms with E-state index in [4.69, 9.17) is 10.2 Å². The zero-order valence-corrected chi connectivity index (χ0v) is 9.00. The van der Waals surface area contributed by atoms with Gasteiger partial charge in [0.25, 0.3) is 5.05 Å². The second-order valence-electron chi connectivity index (χ2n) is 2.23. The van der Waals surface area contributed by atoms with E-state index in [1.807, 2.05) is 0 Å². The summed E-state index contributed by atoms with van der Waals surface area (Å²) in [6.07, 6.45) is 1.23. The molecule has 0 atom stereocenters. The second kappa shape index (κ2) is 3.95. The average Bonchev–Trinajstić information content (AvgIpc) is 2.46. The van der Waals surface area contributed by atoms with E-state index in [2.05, 4.69) is 41.6 Å². The third-order valence-corrected chi connectivity index (χ3v) is 2.00. The van der Waals surface area contributed by atoms with Gasteiger partial charge < -0.3 is 15.3 Å². The van der Waals surface area contributed by atoms with Crippen molar-refractivity contribution in [2.45, 2.75) is 0 Å². The number of aromatic nitrogens is 2. The SMILES string of the molecule is [O-]C(=S)[n+]1c(C(O)=S)c[nH]c1C(O)=S. The highest BCUT2D eigenvalue weighted by atomic mass is 32.1. The highest BCUT2D eigenvalue weighted by molar-refractivity contribution is 7.80. The number of rotatable bonds is 2. The molecule has 0 bridgehead atoms. The maximum absolute atomic E-state index is 11.0. The van der Waals surface area contributed by atoms with E-state index in [1.54, 1.807) is 0 Å². The predicted molar refractivity (Wildman–Crippen MR) is 57.6 cm³/mol. The Hall–Kier alpha value is -1.12. The van der Waals surface area contributed by atoms with Crippen LogP contribution in [0, 0.1) is 0 Å². The largest absolute Gasteiger partial charge is 0.833 e. The summed E-state index contributed by atoms with van der Waals surface area (Å²) >= 11 is 13.3. The van der Waals surface area contributed by atoms with Gasteiger partial charge in [0.05, 0.1) is 0 Å². The van der Waals surface area contributed by atoms with E-state index in [-0.39, 0.29) is 11.5 Å². The molecule has 0 spiro atoms. The van der Waals surface area contributed by atoms with E-state index >= 15 is 0 Å². The van der Waals surface area contributed by atoms with Gasteiger partial charge in [-0.15, -0.1) is 0 Å². The summed E-state index contributed by atoms with van der Waals surface area (Å²) in [6.45, 7) is 0. The summed E-state index contributed by atoms with van der Waals surface area (Å²) in [7, 11) is 0. The van der Waals surface area contributed by atoms with E-state index < -0.39 is 15.3 Å². The highest BCUT2D eigenvalue weighted by Crippen LogP contribution is 1.96. The van der Waals surface area contributed by atoms with E-state index in [0.29, 0.717) is 0 Å². The van der Waals surface area contributed by atoms with Crippen molar-refractivity contribution in [1.82, 2.24) is 4.98 Å². The lowest BCUT2D eigenvalue weighted by Gasteiger charge is -2.05. The first-order valence-electron chi connectivity index (χ1n) is 3.26. The molecule has 0 aromatic carbocycles. The van der Waals surface area contributed by atoms with Crippen LogP contribution in [0.4, 0.5) is 0 Å². The van der Waals surface area contributed by atoms with Gasteiger partial charge in [-0.1, -0.05) is 0 Å². The lowest BCUT2D eigenvalue weighted by Crippen LogP contribution is -2.55. The summed E-state index contributed by atoms with van der Waals surface area (Å²) < 4.78 is 0.819. The fourth-order valence-electron chi connectivity index (χ4n) is 0.891. The zero-order chi connectivity index (χ0) is 10.9.